The molecule has 0 saturated heterocycles. The number of ether oxygens (including phenoxy) is 1. The summed E-state index contributed by atoms with van der Waals surface area (Å²) in [5.74, 6) is 0.967. The minimum atomic E-state index is 0.0937. The first-order chi connectivity index (χ1) is 12.6. The van der Waals surface area contributed by atoms with Gasteiger partial charge in [0, 0.05) is 15.3 Å². The standard InChI is InChI=1S/C22H18N2OS/c1-25-19-9-8-16-12-18(7-6-17(16)13-19)21-11-10-20(26-21)14-2-4-15(5-3-14)22(23)24/h2-13H,1H3,(H3,23,24). The zero-order valence-corrected chi connectivity index (χ0v) is 15.1. The van der Waals surface area contributed by atoms with Crippen LogP contribution < -0.4 is 10.5 Å². The SMILES string of the molecule is COc1ccc2cc(-c3ccc(-c4ccc(C(=N)N)cc4)s3)ccc2c1. The fourth-order valence-corrected chi connectivity index (χ4v) is 3.97. The lowest BCUT2D eigenvalue weighted by Gasteiger charge is -2.05. The van der Waals surface area contributed by atoms with E-state index in [1.54, 1.807) is 18.4 Å². The van der Waals surface area contributed by atoms with Crippen LogP contribution in [0.4, 0.5) is 0 Å². The highest BCUT2D eigenvalue weighted by molar-refractivity contribution is 7.18. The van der Waals surface area contributed by atoms with E-state index in [-0.39, 0.29) is 5.84 Å². The molecule has 0 unspecified atom stereocenters. The van der Waals surface area contributed by atoms with Gasteiger partial charge >= 0.3 is 0 Å². The van der Waals surface area contributed by atoms with Crippen molar-refractivity contribution in [2.75, 3.05) is 7.11 Å². The van der Waals surface area contributed by atoms with Crippen molar-refractivity contribution < 1.29 is 4.74 Å². The molecule has 4 rings (SSSR count). The van der Waals surface area contributed by atoms with Gasteiger partial charge in [-0.15, -0.1) is 11.3 Å². The first kappa shape index (κ1) is 16.4. The molecule has 3 nitrogen and oxygen atoms in total. The quantitative estimate of drug-likeness (QED) is 0.372. The van der Waals surface area contributed by atoms with Gasteiger partial charge in [0.25, 0.3) is 0 Å². The van der Waals surface area contributed by atoms with Gasteiger partial charge < -0.3 is 10.5 Å². The zero-order valence-electron chi connectivity index (χ0n) is 14.3. The highest BCUT2D eigenvalue weighted by Gasteiger charge is 2.07. The van der Waals surface area contributed by atoms with Crippen LogP contribution in [0, 0.1) is 5.41 Å². The van der Waals surface area contributed by atoms with Crippen molar-refractivity contribution in [3.8, 4) is 26.6 Å². The predicted molar refractivity (Wildman–Crippen MR) is 110 cm³/mol. The van der Waals surface area contributed by atoms with Gasteiger partial charge in [-0.3, -0.25) is 5.41 Å². The molecule has 26 heavy (non-hydrogen) atoms. The number of methoxy groups -OCH3 is 1. The summed E-state index contributed by atoms with van der Waals surface area (Å²) in [6, 6.07) is 24.7. The molecule has 3 aromatic carbocycles. The molecule has 0 spiro atoms. The second-order valence-electron chi connectivity index (χ2n) is 6.08. The molecule has 0 amide bonds. The maximum absolute atomic E-state index is 7.49. The maximum atomic E-state index is 7.49. The molecule has 1 heterocycles. The summed E-state index contributed by atoms with van der Waals surface area (Å²) >= 11 is 1.76. The van der Waals surface area contributed by atoms with Crippen LogP contribution in [0.2, 0.25) is 0 Å². The Morgan fingerprint density at radius 1 is 0.808 bits per heavy atom. The molecular formula is C22H18N2OS. The topological polar surface area (TPSA) is 59.1 Å². The molecular weight excluding hydrogens is 340 g/mol. The Morgan fingerprint density at radius 3 is 2.12 bits per heavy atom. The van der Waals surface area contributed by atoms with Crippen molar-refractivity contribution in [1.82, 2.24) is 0 Å². The highest BCUT2D eigenvalue weighted by atomic mass is 32.1. The van der Waals surface area contributed by atoms with E-state index < -0.39 is 0 Å². The van der Waals surface area contributed by atoms with Gasteiger partial charge in [0.1, 0.15) is 11.6 Å². The molecule has 0 fully saturated rings. The largest absolute Gasteiger partial charge is 0.497 e. The number of fused-ring (bicyclic) bond motifs is 1. The van der Waals surface area contributed by atoms with Crippen molar-refractivity contribution in [3.05, 3.63) is 78.4 Å². The van der Waals surface area contributed by atoms with Crippen molar-refractivity contribution in [3.63, 3.8) is 0 Å². The number of benzene rings is 3. The number of nitrogens with one attached hydrogen (secondary N) is 1. The molecule has 3 N–H and O–H groups in total. The van der Waals surface area contributed by atoms with Crippen LogP contribution in [0.25, 0.3) is 31.7 Å². The van der Waals surface area contributed by atoms with E-state index in [1.165, 1.54) is 26.1 Å². The van der Waals surface area contributed by atoms with Gasteiger partial charge in [0.15, 0.2) is 0 Å². The number of hydrogen-bond acceptors (Lipinski definition) is 3. The van der Waals surface area contributed by atoms with Crippen LogP contribution in [-0.2, 0) is 0 Å². The third-order valence-corrected chi connectivity index (χ3v) is 5.60. The van der Waals surface area contributed by atoms with E-state index in [9.17, 15) is 0 Å². The van der Waals surface area contributed by atoms with E-state index >= 15 is 0 Å². The van der Waals surface area contributed by atoms with Crippen molar-refractivity contribution in [1.29, 1.82) is 5.41 Å². The normalized spacial score (nSPS) is 10.8. The van der Waals surface area contributed by atoms with E-state index in [0.717, 1.165) is 16.9 Å². The third kappa shape index (κ3) is 3.07. The van der Waals surface area contributed by atoms with E-state index in [4.69, 9.17) is 15.9 Å². The lowest BCUT2D eigenvalue weighted by Crippen LogP contribution is -2.10. The lowest BCUT2D eigenvalue weighted by atomic mass is 10.1. The van der Waals surface area contributed by atoms with Crippen LogP contribution in [0.5, 0.6) is 5.75 Å². The van der Waals surface area contributed by atoms with Gasteiger partial charge in [0.05, 0.1) is 7.11 Å². The van der Waals surface area contributed by atoms with Gasteiger partial charge in [-0.05, 0) is 52.2 Å². The van der Waals surface area contributed by atoms with Crippen LogP contribution in [-0.4, -0.2) is 12.9 Å². The Bertz CT molecular complexity index is 1100. The molecule has 1 aromatic heterocycles. The van der Waals surface area contributed by atoms with Crippen LogP contribution in [0.1, 0.15) is 5.56 Å². The molecule has 128 valence electrons. The fraction of sp³-hybridized carbons (Fsp3) is 0.0455. The highest BCUT2D eigenvalue weighted by Crippen LogP contribution is 2.36. The maximum Gasteiger partial charge on any atom is 0.122 e. The van der Waals surface area contributed by atoms with Gasteiger partial charge in [-0.1, -0.05) is 42.5 Å². The predicted octanol–water partition coefficient (Wildman–Crippen LogP) is 5.53. The van der Waals surface area contributed by atoms with Crippen LogP contribution in [0.3, 0.4) is 0 Å². The average Bonchev–Trinajstić information content (AvgIpc) is 3.17. The Morgan fingerprint density at radius 2 is 1.42 bits per heavy atom. The summed E-state index contributed by atoms with van der Waals surface area (Å²) in [5.41, 5.74) is 8.61. The van der Waals surface area contributed by atoms with Crippen molar-refractivity contribution in [2.45, 2.75) is 0 Å². The molecule has 4 heteroatoms. The Balaban J connectivity index is 1.67. The molecule has 0 saturated carbocycles. The molecule has 0 aliphatic rings. The fourth-order valence-electron chi connectivity index (χ4n) is 2.97. The van der Waals surface area contributed by atoms with Gasteiger partial charge in [0.2, 0.25) is 0 Å². The Labute approximate surface area is 156 Å². The number of rotatable bonds is 4. The van der Waals surface area contributed by atoms with Gasteiger partial charge in [-0.25, -0.2) is 0 Å². The monoisotopic (exact) mass is 358 g/mol. The minimum absolute atomic E-state index is 0.0937. The zero-order chi connectivity index (χ0) is 18.1. The summed E-state index contributed by atoms with van der Waals surface area (Å²) in [7, 11) is 1.69. The van der Waals surface area contributed by atoms with Crippen molar-refractivity contribution in [2.24, 2.45) is 5.73 Å². The summed E-state index contributed by atoms with van der Waals surface area (Å²) in [5, 5.41) is 9.86. The third-order valence-electron chi connectivity index (χ3n) is 4.42. The molecule has 4 aromatic rings. The summed E-state index contributed by atoms with van der Waals surface area (Å²) in [6.45, 7) is 0. The summed E-state index contributed by atoms with van der Waals surface area (Å²) in [6.07, 6.45) is 0. The van der Waals surface area contributed by atoms with Crippen LogP contribution in [0.15, 0.2) is 72.8 Å². The van der Waals surface area contributed by atoms with Crippen LogP contribution >= 0.6 is 11.3 Å². The first-order valence-corrected chi connectivity index (χ1v) is 9.08. The number of hydrogen-bond donors (Lipinski definition) is 2. The smallest absolute Gasteiger partial charge is 0.122 e. The second-order valence-corrected chi connectivity index (χ2v) is 7.17. The van der Waals surface area contributed by atoms with Gasteiger partial charge in [-0.2, -0.15) is 0 Å². The Kier molecular flexibility index (Phi) is 4.19. The van der Waals surface area contributed by atoms with E-state index in [1.807, 2.05) is 30.3 Å². The molecule has 0 aliphatic heterocycles. The summed E-state index contributed by atoms with van der Waals surface area (Å²) in [4.78, 5) is 2.43. The first-order valence-electron chi connectivity index (χ1n) is 8.27. The van der Waals surface area contributed by atoms with Crippen molar-refractivity contribution >= 4 is 27.9 Å². The molecule has 0 bridgehead atoms. The lowest BCUT2D eigenvalue weighted by molar-refractivity contribution is 0.415. The minimum Gasteiger partial charge on any atom is -0.497 e. The Hall–Kier alpha value is -3.11. The molecule has 0 radical (unpaired) electrons. The number of nitrogens with two attached hydrogens (primary N) is 1. The molecule has 0 atom stereocenters. The summed E-state index contributed by atoms with van der Waals surface area (Å²) < 4.78 is 5.29. The number of thiophene rings is 1. The number of amidine groups is 1. The molecule has 0 aliphatic carbocycles. The van der Waals surface area contributed by atoms with E-state index in [2.05, 4.69) is 42.5 Å². The average molecular weight is 358 g/mol. The van der Waals surface area contributed by atoms with E-state index in [0.29, 0.717) is 0 Å². The second kappa shape index (κ2) is 6.65. The number of nitrogen functional groups attached to an aromatic ring is 1.